The molecule has 46 heavy (non-hydrogen) atoms. The number of esters is 2. The van der Waals surface area contributed by atoms with E-state index in [9.17, 15) is 9.59 Å². The third-order valence-electron chi connectivity index (χ3n) is 8.92. The van der Waals surface area contributed by atoms with Crippen LogP contribution in [-0.2, 0) is 15.0 Å². The number of carbonyl (C=O) groups excluding carboxylic acids is 2. The van der Waals surface area contributed by atoms with Gasteiger partial charge in [0.05, 0.1) is 5.41 Å². The molecule has 1 aliphatic heterocycles. The number of hydrogen-bond acceptors (Lipinski definition) is 5. The average Bonchev–Trinajstić information content (AvgIpc) is 3.34. The molecule has 0 saturated heterocycles. The van der Waals surface area contributed by atoms with Gasteiger partial charge >= 0.3 is 11.9 Å². The van der Waals surface area contributed by atoms with E-state index in [0.29, 0.717) is 34.1 Å². The first-order chi connectivity index (χ1) is 22.2. The monoisotopic (exact) mass is 600 g/mol. The van der Waals surface area contributed by atoms with Crippen molar-refractivity contribution in [2.24, 2.45) is 0 Å². The van der Waals surface area contributed by atoms with Crippen LogP contribution in [0.4, 0.5) is 0 Å². The molecule has 0 atom stereocenters. The molecule has 6 aromatic rings. The van der Waals surface area contributed by atoms with Gasteiger partial charge in [0.1, 0.15) is 23.0 Å². The molecule has 222 valence electrons. The Morgan fingerprint density at radius 2 is 0.978 bits per heavy atom. The van der Waals surface area contributed by atoms with Crippen LogP contribution in [0.2, 0.25) is 0 Å². The molecule has 0 fully saturated rings. The number of ether oxygens (including phenoxy) is 3. The minimum absolute atomic E-state index is 0.329. The summed E-state index contributed by atoms with van der Waals surface area (Å²) in [7, 11) is 0. The highest BCUT2D eigenvalue weighted by Gasteiger charge is 2.51. The van der Waals surface area contributed by atoms with Gasteiger partial charge in [-0.05, 0) is 106 Å². The van der Waals surface area contributed by atoms with Gasteiger partial charge in [0.15, 0.2) is 0 Å². The Morgan fingerprint density at radius 1 is 0.543 bits per heavy atom. The third kappa shape index (κ3) is 4.02. The largest absolute Gasteiger partial charge is 0.457 e. The highest BCUT2D eigenvalue weighted by atomic mass is 16.5. The highest BCUT2D eigenvalue weighted by Crippen LogP contribution is 2.62. The van der Waals surface area contributed by atoms with Crippen LogP contribution in [0.5, 0.6) is 23.0 Å². The summed E-state index contributed by atoms with van der Waals surface area (Å²) < 4.78 is 17.9. The molecule has 1 heterocycles. The van der Waals surface area contributed by atoms with Crippen LogP contribution >= 0.6 is 0 Å². The predicted octanol–water partition coefficient (Wildman–Crippen LogP) is 9.42. The van der Waals surface area contributed by atoms with Gasteiger partial charge in [0.25, 0.3) is 0 Å². The standard InChI is InChI=1S/C41H28O5/c1-23(2)39(42)44-29-15-13-25-19-35-37(21-27(25)17-29)46-38-22-28-18-30(45-40(43)24(3)4)16-14-26(28)20-36(38)41(35)33-11-7-5-9-31(33)32-10-6-8-12-34(32)41/h5-22H,1,3H2,2,4H3. The molecule has 8 rings (SSSR count). The summed E-state index contributed by atoms with van der Waals surface area (Å²) in [5, 5.41) is 3.73. The normalized spacial score (nSPS) is 13.3. The molecular formula is C41H28O5. The number of benzene rings is 6. The molecule has 0 saturated carbocycles. The summed E-state index contributed by atoms with van der Waals surface area (Å²) in [6, 6.07) is 36.8. The summed E-state index contributed by atoms with van der Waals surface area (Å²) in [6.45, 7) is 10.6. The molecule has 6 aromatic carbocycles. The lowest BCUT2D eigenvalue weighted by Gasteiger charge is -2.40. The summed E-state index contributed by atoms with van der Waals surface area (Å²) in [4.78, 5) is 24.5. The molecule has 0 amide bonds. The van der Waals surface area contributed by atoms with Crippen LogP contribution in [0.1, 0.15) is 36.1 Å². The zero-order chi connectivity index (χ0) is 31.7. The van der Waals surface area contributed by atoms with Gasteiger partial charge in [0, 0.05) is 22.3 Å². The Morgan fingerprint density at radius 3 is 1.41 bits per heavy atom. The van der Waals surface area contributed by atoms with Gasteiger partial charge in [0.2, 0.25) is 0 Å². The van der Waals surface area contributed by atoms with E-state index in [2.05, 4.69) is 73.8 Å². The minimum atomic E-state index is -0.658. The summed E-state index contributed by atoms with van der Waals surface area (Å²) in [6.07, 6.45) is 0. The molecular weight excluding hydrogens is 572 g/mol. The summed E-state index contributed by atoms with van der Waals surface area (Å²) in [5.41, 5.74) is 6.79. The van der Waals surface area contributed by atoms with Crippen molar-refractivity contribution in [1.82, 2.24) is 0 Å². The van der Waals surface area contributed by atoms with Crippen LogP contribution in [0, 0.1) is 0 Å². The zero-order valence-corrected chi connectivity index (χ0v) is 25.3. The van der Waals surface area contributed by atoms with Gasteiger partial charge in [-0.25, -0.2) is 9.59 Å². The smallest absolute Gasteiger partial charge is 0.338 e. The van der Waals surface area contributed by atoms with Gasteiger partial charge in [-0.1, -0.05) is 73.8 Å². The maximum absolute atomic E-state index is 12.3. The molecule has 0 bridgehead atoms. The van der Waals surface area contributed by atoms with Crippen molar-refractivity contribution in [3.8, 4) is 34.1 Å². The van der Waals surface area contributed by atoms with E-state index in [1.807, 2.05) is 48.5 Å². The van der Waals surface area contributed by atoms with E-state index in [1.165, 1.54) is 22.3 Å². The SMILES string of the molecule is C=C(C)C(=O)Oc1ccc2cc3c(cc2c1)Oc1cc2cc(OC(=O)C(=C)C)ccc2cc1C31c2ccccc2-c2ccccc21. The minimum Gasteiger partial charge on any atom is -0.457 e. The van der Waals surface area contributed by atoms with Crippen LogP contribution in [-0.4, -0.2) is 11.9 Å². The average molecular weight is 601 g/mol. The number of fused-ring (bicyclic) bond motifs is 11. The van der Waals surface area contributed by atoms with Crippen LogP contribution in [0.3, 0.4) is 0 Å². The second-order valence-corrected chi connectivity index (χ2v) is 12.0. The van der Waals surface area contributed by atoms with Crippen LogP contribution < -0.4 is 14.2 Å². The van der Waals surface area contributed by atoms with Crippen molar-refractivity contribution in [3.63, 3.8) is 0 Å². The van der Waals surface area contributed by atoms with E-state index in [1.54, 1.807) is 13.8 Å². The fraction of sp³-hybridized carbons (Fsp3) is 0.0732. The summed E-state index contributed by atoms with van der Waals surface area (Å²) in [5.74, 6) is 1.34. The predicted molar refractivity (Wildman–Crippen MR) is 180 cm³/mol. The first-order valence-electron chi connectivity index (χ1n) is 15.0. The van der Waals surface area contributed by atoms with Gasteiger partial charge < -0.3 is 14.2 Å². The molecule has 5 heteroatoms. The first-order valence-corrected chi connectivity index (χ1v) is 15.0. The lowest BCUT2D eigenvalue weighted by atomic mass is 9.65. The van der Waals surface area contributed by atoms with Crippen molar-refractivity contribution < 1.29 is 23.8 Å². The zero-order valence-electron chi connectivity index (χ0n) is 25.3. The highest BCUT2D eigenvalue weighted by molar-refractivity contribution is 5.97. The van der Waals surface area contributed by atoms with Crippen molar-refractivity contribution in [1.29, 1.82) is 0 Å². The summed E-state index contributed by atoms with van der Waals surface area (Å²) >= 11 is 0. The quantitative estimate of drug-likeness (QED) is 0.114. The topological polar surface area (TPSA) is 61.8 Å². The Hall–Kier alpha value is -5.94. The van der Waals surface area contributed by atoms with Gasteiger partial charge in [-0.2, -0.15) is 0 Å². The number of rotatable bonds is 4. The second-order valence-electron chi connectivity index (χ2n) is 12.0. The molecule has 0 unspecified atom stereocenters. The van der Waals surface area contributed by atoms with E-state index >= 15 is 0 Å². The van der Waals surface area contributed by atoms with Crippen molar-refractivity contribution in [2.45, 2.75) is 19.3 Å². The Balaban J connectivity index is 1.40. The molecule has 1 spiro atoms. The van der Waals surface area contributed by atoms with E-state index in [0.717, 1.165) is 32.7 Å². The fourth-order valence-corrected chi connectivity index (χ4v) is 6.86. The number of hydrogen-bond donors (Lipinski definition) is 0. The maximum Gasteiger partial charge on any atom is 0.338 e. The van der Waals surface area contributed by atoms with Gasteiger partial charge in [-0.3, -0.25) is 0 Å². The molecule has 5 nitrogen and oxygen atoms in total. The molecule has 0 N–H and O–H groups in total. The van der Waals surface area contributed by atoms with Crippen molar-refractivity contribution in [2.75, 3.05) is 0 Å². The molecule has 2 aliphatic rings. The fourth-order valence-electron chi connectivity index (χ4n) is 6.86. The lowest BCUT2D eigenvalue weighted by molar-refractivity contribution is -0.130. The third-order valence-corrected chi connectivity index (χ3v) is 8.92. The number of carbonyl (C=O) groups is 2. The van der Waals surface area contributed by atoms with E-state index in [4.69, 9.17) is 14.2 Å². The second kappa shape index (κ2) is 10.0. The van der Waals surface area contributed by atoms with Crippen molar-refractivity contribution in [3.05, 3.63) is 156 Å². The van der Waals surface area contributed by atoms with E-state index < -0.39 is 17.4 Å². The maximum atomic E-state index is 12.3. The van der Waals surface area contributed by atoms with Crippen molar-refractivity contribution >= 4 is 33.5 Å². The Bertz CT molecular complexity index is 2180. The van der Waals surface area contributed by atoms with Crippen LogP contribution in [0.15, 0.2) is 133 Å². The Labute approximate surface area is 266 Å². The van der Waals surface area contributed by atoms with Gasteiger partial charge in [-0.15, -0.1) is 0 Å². The van der Waals surface area contributed by atoms with E-state index in [-0.39, 0.29) is 0 Å². The molecule has 0 radical (unpaired) electrons. The first kappa shape index (κ1) is 27.6. The lowest BCUT2D eigenvalue weighted by Crippen LogP contribution is -2.32. The molecule has 1 aliphatic carbocycles. The Kier molecular flexibility index (Phi) is 6.03. The molecule has 0 aromatic heterocycles. The van der Waals surface area contributed by atoms with Crippen LogP contribution in [0.25, 0.3) is 32.7 Å².